The lowest BCUT2D eigenvalue weighted by molar-refractivity contribution is 0.310. The first-order chi connectivity index (χ1) is 7.16. The highest BCUT2D eigenvalue weighted by Crippen LogP contribution is 2.25. The van der Waals surface area contributed by atoms with Gasteiger partial charge in [0, 0.05) is 22.1 Å². The number of rotatable bonds is 3. The molecule has 1 aliphatic rings. The van der Waals surface area contributed by atoms with Crippen molar-refractivity contribution in [2.24, 2.45) is 0 Å². The van der Waals surface area contributed by atoms with Gasteiger partial charge in [0.25, 0.3) is 0 Å². The maximum Gasteiger partial charge on any atom is 0.128 e. The second kappa shape index (κ2) is 4.62. The fourth-order valence-electron chi connectivity index (χ4n) is 1.86. The van der Waals surface area contributed by atoms with Gasteiger partial charge in [-0.1, -0.05) is 22.4 Å². The van der Waals surface area contributed by atoms with Crippen molar-refractivity contribution in [3.8, 4) is 0 Å². The molecule has 1 N–H and O–H groups in total. The minimum absolute atomic E-state index is 0.0906. The van der Waals surface area contributed by atoms with Gasteiger partial charge in [-0.25, -0.2) is 4.39 Å². The summed E-state index contributed by atoms with van der Waals surface area (Å²) in [6.07, 6.45) is 3.74. The molecule has 0 radical (unpaired) electrons. The number of hydrogen-bond donors (Lipinski definition) is 1. The summed E-state index contributed by atoms with van der Waals surface area (Å²) in [6.45, 7) is 2.02. The fraction of sp³-hybridized carbons (Fsp3) is 0.500. The number of halogens is 2. The molecule has 0 saturated heterocycles. The van der Waals surface area contributed by atoms with E-state index < -0.39 is 0 Å². The molecule has 1 aliphatic carbocycles. The summed E-state index contributed by atoms with van der Waals surface area (Å²) in [4.78, 5) is 0. The van der Waals surface area contributed by atoms with Crippen molar-refractivity contribution in [1.29, 1.82) is 0 Å². The molecule has 1 saturated carbocycles. The first-order valence-corrected chi connectivity index (χ1v) is 6.17. The molecule has 1 fully saturated rings. The minimum atomic E-state index is -0.127. The van der Waals surface area contributed by atoms with Gasteiger partial charge in [0.2, 0.25) is 0 Å². The Labute approximate surface area is 98.2 Å². The Morgan fingerprint density at radius 3 is 2.80 bits per heavy atom. The molecule has 1 aromatic rings. The van der Waals surface area contributed by atoms with Crippen LogP contribution < -0.4 is 5.32 Å². The van der Waals surface area contributed by atoms with Crippen molar-refractivity contribution in [2.45, 2.75) is 38.3 Å². The number of nitrogens with one attached hydrogen (secondary N) is 1. The highest BCUT2D eigenvalue weighted by Gasteiger charge is 2.21. The molecular weight excluding hydrogens is 257 g/mol. The van der Waals surface area contributed by atoms with Crippen LogP contribution in [0.4, 0.5) is 4.39 Å². The van der Waals surface area contributed by atoms with Crippen LogP contribution in [0, 0.1) is 5.82 Å². The van der Waals surface area contributed by atoms with Crippen molar-refractivity contribution in [1.82, 2.24) is 5.32 Å². The first kappa shape index (κ1) is 11.1. The van der Waals surface area contributed by atoms with Crippen LogP contribution in [0.15, 0.2) is 22.7 Å². The van der Waals surface area contributed by atoms with Gasteiger partial charge < -0.3 is 5.32 Å². The van der Waals surface area contributed by atoms with E-state index in [4.69, 9.17) is 0 Å². The lowest BCUT2D eigenvalue weighted by Crippen LogP contribution is -2.37. The second-order valence-electron chi connectivity index (χ2n) is 4.18. The topological polar surface area (TPSA) is 12.0 Å². The van der Waals surface area contributed by atoms with Crippen molar-refractivity contribution in [3.63, 3.8) is 0 Å². The molecule has 0 heterocycles. The van der Waals surface area contributed by atoms with Crippen molar-refractivity contribution in [2.75, 3.05) is 0 Å². The molecule has 1 unspecified atom stereocenters. The molecule has 82 valence electrons. The van der Waals surface area contributed by atoms with E-state index >= 15 is 0 Å². The van der Waals surface area contributed by atoms with Gasteiger partial charge in [0.1, 0.15) is 5.82 Å². The highest BCUT2D eigenvalue weighted by atomic mass is 79.9. The summed E-state index contributed by atoms with van der Waals surface area (Å²) >= 11 is 3.37. The minimum Gasteiger partial charge on any atom is -0.307 e. The smallest absolute Gasteiger partial charge is 0.128 e. The molecule has 0 bridgehead atoms. The molecule has 0 spiro atoms. The van der Waals surface area contributed by atoms with Crippen LogP contribution in [-0.4, -0.2) is 6.04 Å². The Bertz CT molecular complexity index is 349. The predicted octanol–water partition coefficient (Wildman–Crippen LogP) is 3.79. The SMILES string of the molecule is CC(NC1CCC1)c1cc(Br)ccc1F. The van der Waals surface area contributed by atoms with Gasteiger partial charge in [-0.3, -0.25) is 0 Å². The van der Waals surface area contributed by atoms with Crippen LogP contribution in [0.25, 0.3) is 0 Å². The molecule has 1 nitrogen and oxygen atoms in total. The molecule has 3 heteroatoms. The van der Waals surface area contributed by atoms with Gasteiger partial charge >= 0.3 is 0 Å². The zero-order chi connectivity index (χ0) is 10.8. The molecule has 15 heavy (non-hydrogen) atoms. The quantitative estimate of drug-likeness (QED) is 0.882. The van der Waals surface area contributed by atoms with Gasteiger partial charge in [-0.05, 0) is 38.0 Å². The van der Waals surface area contributed by atoms with Crippen LogP contribution in [0.2, 0.25) is 0 Å². The largest absolute Gasteiger partial charge is 0.307 e. The van der Waals surface area contributed by atoms with Crippen molar-refractivity contribution >= 4 is 15.9 Å². The molecule has 1 atom stereocenters. The van der Waals surface area contributed by atoms with Crippen LogP contribution in [0.3, 0.4) is 0 Å². The molecular formula is C12H15BrFN. The van der Waals surface area contributed by atoms with Crippen molar-refractivity contribution < 1.29 is 4.39 Å². The normalized spacial score (nSPS) is 18.6. The summed E-state index contributed by atoms with van der Waals surface area (Å²) in [5, 5.41) is 3.44. The lowest BCUT2D eigenvalue weighted by Gasteiger charge is -2.30. The van der Waals surface area contributed by atoms with Gasteiger partial charge in [0.15, 0.2) is 0 Å². The monoisotopic (exact) mass is 271 g/mol. The van der Waals surface area contributed by atoms with E-state index in [1.807, 2.05) is 13.0 Å². The van der Waals surface area contributed by atoms with Gasteiger partial charge in [-0.2, -0.15) is 0 Å². The Kier molecular flexibility index (Phi) is 3.42. The Balaban J connectivity index is 2.09. The lowest BCUT2D eigenvalue weighted by atomic mass is 9.92. The Morgan fingerprint density at radius 2 is 2.20 bits per heavy atom. The van der Waals surface area contributed by atoms with E-state index in [-0.39, 0.29) is 11.9 Å². The Hall–Kier alpha value is -0.410. The third-order valence-corrected chi connectivity index (χ3v) is 3.51. The molecule has 2 rings (SSSR count). The maximum absolute atomic E-state index is 13.5. The molecule has 0 aliphatic heterocycles. The molecule has 0 amide bonds. The summed E-state index contributed by atoms with van der Waals surface area (Å²) < 4.78 is 14.5. The zero-order valence-electron chi connectivity index (χ0n) is 8.76. The summed E-state index contributed by atoms with van der Waals surface area (Å²) in [6, 6.07) is 5.77. The molecule has 0 aromatic heterocycles. The Morgan fingerprint density at radius 1 is 1.47 bits per heavy atom. The molecule has 1 aromatic carbocycles. The second-order valence-corrected chi connectivity index (χ2v) is 5.10. The van der Waals surface area contributed by atoms with E-state index in [0.29, 0.717) is 6.04 Å². The summed E-state index contributed by atoms with van der Waals surface area (Å²) in [5.41, 5.74) is 0.747. The van der Waals surface area contributed by atoms with E-state index in [0.717, 1.165) is 10.0 Å². The van der Waals surface area contributed by atoms with Crippen LogP contribution in [0.1, 0.15) is 37.8 Å². The van der Waals surface area contributed by atoms with Gasteiger partial charge in [-0.15, -0.1) is 0 Å². The maximum atomic E-state index is 13.5. The fourth-order valence-corrected chi connectivity index (χ4v) is 2.24. The zero-order valence-corrected chi connectivity index (χ0v) is 10.3. The van der Waals surface area contributed by atoms with Crippen LogP contribution in [0.5, 0.6) is 0 Å². The highest BCUT2D eigenvalue weighted by molar-refractivity contribution is 9.10. The number of hydrogen-bond acceptors (Lipinski definition) is 1. The van der Waals surface area contributed by atoms with E-state index in [2.05, 4.69) is 21.2 Å². The van der Waals surface area contributed by atoms with E-state index in [1.54, 1.807) is 6.07 Å². The number of benzene rings is 1. The van der Waals surface area contributed by atoms with Crippen molar-refractivity contribution in [3.05, 3.63) is 34.1 Å². The van der Waals surface area contributed by atoms with E-state index in [1.165, 1.54) is 25.3 Å². The van der Waals surface area contributed by atoms with Gasteiger partial charge in [0.05, 0.1) is 0 Å². The third kappa shape index (κ3) is 2.58. The summed E-state index contributed by atoms with van der Waals surface area (Å²) in [5.74, 6) is -0.127. The van der Waals surface area contributed by atoms with E-state index in [9.17, 15) is 4.39 Å². The standard InChI is InChI=1S/C12H15BrFN/c1-8(15-10-3-2-4-10)11-7-9(13)5-6-12(11)14/h5-8,10,15H,2-4H2,1H3. The van der Waals surface area contributed by atoms with Crippen LogP contribution in [-0.2, 0) is 0 Å². The third-order valence-electron chi connectivity index (χ3n) is 3.02. The van der Waals surface area contributed by atoms with Crippen LogP contribution >= 0.6 is 15.9 Å². The predicted molar refractivity (Wildman–Crippen MR) is 63.3 cm³/mol. The average molecular weight is 272 g/mol. The average Bonchev–Trinajstić information content (AvgIpc) is 2.15. The first-order valence-electron chi connectivity index (χ1n) is 5.38. The summed E-state index contributed by atoms with van der Waals surface area (Å²) in [7, 11) is 0.